The minimum absolute atomic E-state index is 0.0376. The maximum Gasteiger partial charge on any atom is 0.425 e. The van der Waals surface area contributed by atoms with Crippen molar-refractivity contribution in [2.45, 2.75) is 19.2 Å². The van der Waals surface area contributed by atoms with E-state index in [1.807, 2.05) is 0 Å². The molecule has 0 aromatic heterocycles. The number of ether oxygens (including phenoxy) is 2. The molecule has 0 fully saturated rings. The highest BCUT2D eigenvalue weighted by Gasteiger charge is 2.38. The van der Waals surface area contributed by atoms with Crippen molar-refractivity contribution < 1.29 is 27.4 Å². The van der Waals surface area contributed by atoms with Crippen LogP contribution < -0.4 is 10.5 Å². The molecule has 18 heavy (non-hydrogen) atoms. The average Bonchev–Trinajstić information content (AvgIpc) is 2.29. The molecule has 0 saturated heterocycles. The predicted molar refractivity (Wildman–Crippen MR) is 58.3 cm³/mol. The Hall–Kier alpha value is -1.92. The minimum Gasteiger partial charge on any atom is -0.481 e. The molecule has 0 saturated carbocycles. The number of nitrogen functional groups attached to an aromatic ring is 1. The van der Waals surface area contributed by atoms with Gasteiger partial charge in [0.05, 0.1) is 12.7 Å². The van der Waals surface area contributed by atoms with Crippen molar-refractivity contribution in [3.63, 3.8) is 0 Å². The fourth-order valence-electron chi connectivity index (χ4n) is 1.17. The van der Waals surface area contributed by atoms with Gasteiger partial charge in [0.25, 0.3) is 0 Å². The largest absolute Gasteiger partial charge is 0.481 e. The first-order chi connectivity index (χ1) is 8.25. The van der Waals surface area contributed by atoms with Crippen molar-refractivity contribution in [2.75, 3.05) is 12.8 Å². The van der Waals surface area contributed by atoms with Crippen LogP contribution in [0.4, 0.5) is 18.9 Å². The molecule has 0 heterocycles. The Bertz CT molecular complexity index is 446. The first-order valence-electron chi connectivity index (χ1n) is 4.97. The summed E-state index contributed by atoms with van der Waals surface area (Å²) < 4.78 is 46.0. The summed E-state index contributed by atoms with van der Waals surface area (Å²) in [5.41, 5.74) is 5.57. The molecule has 0 bridgehead atoms. The zero-order valence-electron chi connectivity index (χ0n) is 9.75. The highest BCUT2D eigenvalue weighted by atomic mass is 19.4. The maximum atomic E-state index is 12.3. The van der Waals surface area contributed by atoms with Crippen LogP contribution in [0.1, 0.15) is 17.3 Å². The zero-order chi connectivity index (χ0) is 13.9. The molecule has 100 valence electrons. The molecule has 4 nitrogen and oxygen atoms in total. The SMILES string of the molecule is COC(=O)c1cc(OC(C)C(F)(F)F)ccc1N. The van der Waals surface area contributed by atoms with E-state index in [1.165, 1.54) is 12.1 Å². The second-order valence-corrected chi connectivity index (χ2v) is 3.54. The Kier molecular flexibility index (Phi) is 4.05. The van der Waals surface area contributed by atoms with Gasteiger partial charge >= 0.3 is 12.1 Å². The number of nitrogens with two attached hydrogens (primary N) is 1. The lowest BCUT2D eigenvalue weighted by atomic mass is 10.1. The molecule has 1 unspecified atom stereocenters. The van der Waals surface area contributed by atoms with Crippen LogP contribution in [0.15, 0.2) is 18.2 Å². The molecule has 1 atom stereocenters. The summed E-state index contributed by atoms with van der Waals surface area (Å²) in [6.07, 6.45) is -6.46. The Morgan fingerprint density at radius 1 is 1.39 bits per heavy atom. The molecule has 0 spiro atoms. The number of anilines is 1. The summed E-state index contributed by atoms with van der Waals surface area (Å²) in [6, 6.07) is 3.65. The molecule has 0 radical (unpaired) electrons. The van der Waals surface area contributed by atoms with Gasteiger partial charge < -0.3 is 15.2 Å². The molecule has 0 aliphatic carbocycles. The summed E-state index contributed by atoms with van der Waals surface area (Å²) in [5.74, 6) is -0.841. The molecule has 0 aliphatic rings. The number of carbonyl (C=O) groups excluding carboxylic acids is 1. The smallest absolute Gasteiger partial charge is 0.425 e. The lowest BCUT2D eigenvalue weighted by Crippen LogP contribution is -2.31. The van der Waals surface area contributed by atoms with E-state index in [0.29, 0.717) is 0 Å². The van der Waals surface area contributed by atoms with E-state index in [-0.39, 0.29) is 17.0 Å². The monoisotopic (exact) mass is 263 g/mol. The van der Waals surface area contributed by atoms with E-state index in [4.69, 9.17) is 5.73 Å². The van der Waals surface area contributed by atoms with Crippen LogP contribution in [-0.4, -0.2) is 25.4 Å². The first kappa shape index (κ1) is 14.1. The molecule has 1 aromatic carbocycles. The third-order valence-corrected chi connectivity index (χ3v) is 2.20. The standard InChI is InChI=1S/C11H12F3NO3/c1-6(11(12,13)14)18-7-3-4-9(15)8(5-7)10(16)17-2/h3-6H,15H2,1-2H3. The first-order valence-corrected chi connectivity index (χ1v) is 4.97. The van der Waals surface area contributed by atoms with Crippen LogP contribution in [0, 0.1) is 0 Å². The Morgan fingerprint density at radius 3 is 2.50 bits per heavy atom. The number of halogens is 3. The normalized spacial score (nSPS) is 12.9. The topological polar surface area (TPSA) is 61.5 Å². The van der Waals surface area contributed by atoms with Gasteiger partial charge in [-0.25, -0.2) is 4.79 Å². The number of hydrogen-bond acceptors (Lipinski definition) is 4. The Balaban J connectivity index is 2.96. The molecular formula is C11H12F3NO3. The van der Waals surface area contributed by atoms with Gasteiger partial charge in [0.1, 0.15) is 5.75 Å². The van der Waals surface area contributed by atoms with Crippen LogP contribution in [-0.2, 0) is 4.74 Å². The number of benzene rings is 1. The van der Waals surface area contributed by atoms with Crippen molar-refractivity contribution in [1.82, 2.24) is 0 Å². The summed E-state index contributed by atoms with van der Waals surface area (Å²) in [7, 11) is 1.15. The number of carbonyl (C=O) groups is 1. The number of esters is 1. The second-order valence-electron chi connectivity index (χ2n) is 3.54. The molecular weight excluding hydrogens is 251 g/mol. The average molecular weight is 263 g/mol. The van der Waals surface area contributed by atoms with Gasteiger partial charge in [0.15, 0.2) is 6.10 Å². The van der Waals surface area contributed by atoms with Gasteiger partial charge in [-0.2, -0.15) is 13.2 Å². The van der Waals surface area contributed by atoms with Crippen molar-refractivity contribution in [2.24, 2.45) is 0 Å². The van der Waals surface area contributed by atoms with Gasteiger partial charge in [-0.1, -0.05) is 0 Å². The molecule has 2 N–H and O–H groups in total. The molecule has 0 aliphatic heterocycles. The van der Waals surface area contributed by atoms with E-state index in [0.717, 1.165) is 20.1 Å². The number of methoxy groups -OCH3 is 1. The minimum atomic E-state index is -4.48. The van der Waals surface area contributed by atoms with E-state index >= 15 is 0 Å². The Labute approximate surface area is 101 Å². The van der Waals surface area contributed by atoms with Crippen molar-refractivity contribution >= 4 is 11.7 Å². The summed E-state index contributed by atoms with van der Waals surface area (Å²) in [6.45, 7) is 0.869. The van der Waals surface area contributed by atoms with Crippen LogP contribution in [0.25, 0.3) is 0 Å². The van der Waals surface area contributed by atoms with E-state index in [1.54, 1.807) is 0 Å². The molecule has 1 aromatic rings. The maximum absolute atomic E-state index is 12.3. The zero-order valence-corrected chi connectivity index (χ0v) is 9.75. The predicted octanol–water partition coefficient (Wildman–Crippen LogP) is 2.38. The highest BCUT2D eigenvalue weighted by Crippen LogP contribution is 2.27. The number of alkyl halides is 3. The van der Waals surface area contributed by atoms with E-state index in [2.05, 4.69) is 9.47 Å². The summed E-state index contributed by atoms with van der Waals surface area (Å²) in [5, 5.41) is 0. The van der Waals surface area contributed by atoms with Crippen molar-refractivity contribution in [3.8, 4) is 5.75 Å². The van der Waals surface area contributed by atoms with Gasteiger partial charge in [-0.05, 0) is 25.1 Å². The second kappa shape index (κ2) is 5.16. The lowest BCUT2D eigenvalue weighted by molar-refractivity contribution is -0.189. The van der Waals surface area contributed by atoms with Gasteiger partial charge in [-0.3, -0.25) is 0 Å². The van der Waals surface area contributed by atoms with Gasteiger partial charge in [-0.15, -0.1) is 0 Å². The number of hydrogen-bond donors (Lipinski definition) is 1. The fraction of sp³-hybridized carbons (Fsp3) is 0.364. The van der Waals surface area contributed by atoms with Gasteiger partial charge in [0.2, 0.25) is 0 Å². The van der Waals surface area contributed by atoms with Crippen LogP contribution >= 0.6 is 0 Å². The van der Waals surface area contributed by atoms with E-state index < -0.39 is 18.2 Å². The van der Waals surface area contributed by atoms with Gasteiger partial charge in [0, 0.05) is 5.69 Å². The summed E-state index contributed by atoms with van der Waals surface area (Å²) in [4.78, 5) is 11.3. The molecule has 1 rings (SSSR count). The fourth-order valence-corrected chi connectivity index (χ4v) is 1.17. The summed E-state index contributed by atoms with van der Waals surface area (Å²) >= 11 is 0. The molecule has 7 heteroatoms. The third kappa shape index (κ3) is 3.28. The quantitative estimate of drug-likeness (QED) is 0.671. The van der Waals surface area contributed by atoms with Crippen LogP contribution in [0.3, 0.4) is 0 Å². The Morgan fingerprint density at radius 2 is 2.00 bits per heavy atom. The lowest BCUT2D eigenvalue weighted by Gasteiger charge is -2.18. The van der Waals surface area contributed by atoms with Crippen LogP contribution in [0.2, 0.25) is 0 Å². The highest BCUT2D eigenvalue weighted by molar-refractivity contribution is 5.95. The van der Waals surface area contributed by atoms with E-state index in [9.17, 15) is 18.0 Å². The number of rotatable bonds is 3. The van der Waals surface area contributed by atoms with Crippen molar-refractivity contribution in [3.05, 3.63) is 23.8 Å². The van der Waals surface area contributed by atoms with Crippen molar-refractivity contribution in [1.29, 1.82) is 0 Å². The van der Waals surface area contributed by atoms with Crippen LogP contribution in [0.5, 0.6) is 5.75 Å². The molecule has 0 amide bonds. The third-order valence-electron chi connectivity index (χ3n) is 2.20.